The number of ketones is 2. The van der Waals surface area contributed by atoms with Crippen molar-refractivity contribution in [1.29, 1.82) is 0 Å². The summed E-state index contributed by atoms with van der Waals surface area (Å²) in [7, 11) is 12.7. The van der Waals surface area contributed by atoms with E-state index in [2.05, 4.69) is 31.9 Å². The number of unbranched alkanes of at least 4 members (excludes halogenated alkanes) is 4. The number of carbonyl (C=O) groups is 18. The van der Waals surface area contributed by atoms with Gasteiger partial charge in [-0.1, -0.05) is 162 Å². The van der Waals surface area contributed by atoms with Crippen LogP contribution in [0.1, 0.15) is 273 Å². The summed E-state index contributed by atoms with van der Waals surface area (Å²) in [6.45, 7) is 39.0. The Labute approximate surface area is 878 Å². The molecule has 17 amide bonds. The lowest BCUT2D eigenvalue weighted by Gasteiger charge is -2.41. The van der Waals surface area contributed by atoms with Gasteiger partial charge in [-0.25, -0.2) is 9.59 Å². The number of methoxy groups -OCH3 is 4. The van der Waals surface area contributed by atoms with Crippen molar-refractivity contribution < 1.29 is 110 Å². The molecule has 1 aromatic rings. The molecule has 5 rings (SSSR count). The zero-order valence-electron chi connectivity index (χ0n) is 92.5. The van der Waals surface area contributed by atoms with Crippen LogP contribution in [0.5, 0.6) is 0 Å². The van der Waals surface area contributed by atoms with E-state index in [9.17, 15) is 86.3 Å². The molecule has 0 spiro atoms. The summed E-state index contributed by atoms with van der Waals surface area (Å²) in [5, 5.41) is 16.1. The van der Waals surface area contributed by atoms with Crippen LogP contribution in [0, 0.1) is 60.2 Å². The zero-order valence-corrected chi connectivity index (χ0v) is 94.1. The van der Waals surface area contributed by atoms with Gasteiger partial charge in [-0.15, -0.1) is 0 Å². The van der Waals surface area contributed by atoms with Crippen molar-refractivity contribution in [3.63, 3.8) is 0 Å². The number of urea groups is 1. The molecule has 0 aromatic heterocycles. The Bertz CT molecular complexity index is 4380. The predicted molar refractivity (Wildman–Crippen MR) is 568 cm³/mol. The highest BCUT2D eigenvalue weighted by Gasteiger charge is 2.48. The van der Waals surface area contributed by atoms with Gasteiger partial charge < -0.3 is 85.8 Å². The van der Waals surface area contributed by atoms with Crippen molar-refractivity contribution >= 4 is 136 Å². The SMILES string of the molecule is C.CCC(C)C(C(CC(=O)N1CCCC1C(OC)C(C)C(C)=O)OC)N(C)C(=O)C(NC(=O)C(C(C)C)N(C)C(=O)CCCCCN1C(=O)CC(SC)C1=O)C(C)C.CCOC(=O)N(C)C(C(=O)NC(C(=O)N(C)C(C(C)CC)C(CC(=O)N1CCCC1C(OC)C(C)C(C)=O)OC)C(C)C)C(C)C.CSC1CC(=O)N(CCCCCC(=O)NC(C(=O)NC(CCCNC(N)=O)C(=O)Nc2ccc(C)cc2)C(C)C)C1=O. The van der Waals surface area contributed by atoms with Crippen LogP contribution in [0.25, 0.3) is 0 Å². The third kappa shape index (κ3) is 39.5. The predicted octanol–water partition coefficient (Wildman–Crippen LogP) is 10.6. The van der Waals surface area contributed by atoms with E-state index in [1.807, 2.05) is 129 Å². The fourth-order valence-electron chi connectivity index (χ4n) is 19.5. The van der Waals surface area contributed by atoms with Gasteiger partial charge in [0.15, 0.2) is 0 Å². The second-order valence-electron chi connectivity index (χ2n) is 40.9. The number of amides is 17. The number of likely N-dealkylation sites (tertiary alicyclic amines) is 4. The molecule has 4 fully saturated rings. The normalized spacial score (nSPS) is 19.0. The molecule has 0 radical (unpaired) electrons. The Hall–Kier alpha value is -9.38. The fraction of sp³-hybridized carbons (Fsp3) is 0.774. The number of rotatable bonds is 59. The minimum absolute atomic E-state index is 0. The molecule has 832 valence electrons. The van der Waals surface area contributed by atoms with E-state index in [4.69, 9.17) is 29.4 Å². The summed E-state index contributed by atoms with van der Waals surface area (Å²) in [6, 6.07) is -0.103. The Morgan fingerprint density at radius 3 is 1.24 bits per heavy atom. The van der Waals surface area contributed by atoms with Crippen LogP contribution in [0.15, 0.2) is 24.3 Å². The number of Topliss-reactive ketones (excluding diaryl/α,β-unsaturated/α-hetero) is 2. The highest BCUT2D eigenvalue weighted by atomic mass is 32.2. The monoisotopic (exact) mass is 2100 g/mol. The van der Waals surface area contributed by atoms with Gasteiger partial charge in [0.05, 0.1) is 78.5 Å². The number of thioether (sulfide) groups is 2. The Morgan fingerprint density at radius 2 is 0.890 bits per heavy atom. The van der Waals surface area contributed by atoms with Crippen LogP contribution in [0.2, 0.25) is 0 Å². The topological polar surface area (TPSA) is 478 Å². The summed E-state index contributed by atoms with van der Waals surface area (Å²) < 4.78 is 28.5. The molecule has 20 unspecified atom stereocenters. The van der Waals surface area contributed by atoms with Crippen LogP contribution in [0.4, 0.5) is 15.3 Å². The summed E-state index contributed by atoms with van der Waals surface area (Å²) in [5.74, 6) is -5.85. The molecule has 1 aromatic carbocycles. The Morgan fingerprint density at radius 1 is 0.486 bits per heavy atom. The molecule has 40 heteroatoms. The second-order valence-corrected chi connectivity index (χ2v) is 43.0. The first kappa shape index (κ1) is 133. The molecular weight excluding hydrogens is 1920 g/mol. The van der Waals surface area contributed by atoms with Crippen LogP contribution < -0.4 is 37.6 Å². The van der Waals surface area contributed by atoms with Crippen LogP contribution in [-0.2, 0) is 100 Å². The van der Waals surface area contributed by atoms with Gasteiger partial charge >= 0.3 is 12.1 Å². The molecule has 38 nitrogen and oxygen atoms in total. The lowest BCUT2D eigenvalue weighted by Crippen LogP contribution is -2.60. The number of nitrogens with zero attached hydrogens (tertiary/aromatic N) is 8. The maximum Gasteiger partial charge on any atom is 0.410 e. The summed E-state index contributed by atoms with van der Waals surface area (Å²) in [6.07, 6.45) is 10.5. The van der Waals surface area contributed by atoms with Gasteiger partial charge in [0.2, 0.25) is 82.7 Å². The second kappa shape index (κ2) is 66.2. The van der Waals surface area contributed by atoms with E-state index >= 15 is 0 Å². The molecule has 146 heavy (non-hydrogen) atoms. The standard InChI is InChI=1S/C42H73N5O9S.C34H62N4O8.C29H44N6O6S.CH4/c1-14-27(6)38(31(55-11)23-34(50)46-22-18-19-30(46)39(56-12)28(7)29(8)48)45(10)42(54)36(25(2)3)43-40(52)37(26(4)5)44(9)33(49)20-16-15-17-21-47-35(51)24-32(57-13)41(47)53;1-14-22(7)30(26(44-12)19-27(40)38-18-16-17-25(38)31(45-13)23(8)24(9)39)36(10)33(42)28(20(3)4)35-32(41)29(21(5)6)37(11)34(43)46-15-2;1-18(2)25(34-23(36)10-6-5-7-16-35-24(37)17-22(42-4)28(35)40)27(39)33-21(9-8-15-31-29(30)41)26(38)32-20-13-11-19(3)12-14-20;/h25-28,30-32,36-39H,14-24H2,1-13H3,(H,43,52);20-23,25-26,28-31H,14-19H2,1-13H3,(H,35,41);11-14,18,21-22,25H,5-10,15-17H2,1-4H3,(H,32,38)(H,33,39)(H,34,36)(H3,30,31,41);1H4. The van der Waals surface area contributed by atoms with Crippen LogP contribution in [-0.4, -0.2) is 349 Å². The molecule has 4 aliphatic heterocycles. The molecule has 8 N–H and O–H groups in total. The minimum Gasteiger partial charge on any atom is -0.450 e. The number of carbonyl (C=O) groups excluding carboxylic acids is 18. The molecule has 0 saturated carbocycles. The van der Waals surface area contributed by atoms with Gasteiger partial charge in [0, 0.05) is 133 Å². The average Bonchev–Trinajstić information content (AvgIpc) is 1.58. The highest BCUT2D eigenvalue weighted by Crippen LogP contribution is 2.35. The van der Waals surface area contributed by atoms with Crippen LogP contribution in [0.3, 0.4) is 0 Å². The molecule has 20 atom stereocenters. The molecule has 4 aliphatic rings. The number of nitrogens with two attached hydrogens (primary N) is 1. The van der Waals surface area contributed by atoms with Crippen molar-refractivity contribution in [2.75, 3.05) is 114 Å². The number of hydrogen-bond donors (Lipinski definition) is 7. The quantitative estimate of drug-likeness (QED) is 0.0235. The van der Waals surface area contributed by atoms with E-state index in [0.29, 0.717) is 83.2 Å². The first-order valence-electron chi connectivity index (χ1n) is 52.0. The third-order valence-corrected chi connectivity index (χ3v) is 30.6. The van der Waals surface area contributed by atoms with Gasteiger partial charge in [-0.05, 0) is 158 Å². The van der Waals surface area contributed by atoms with Crippen LogP contribution >= 0.6 is 23.5 Å². The number of anilines is 1. The molecule has 0 aliphatic carbocycles. The number of imide groups is 2. The summed E-state index contributed by atoms with van der Waals surface area (Å²) >= 11 is 2.76. The van der Waals surface area contributed by atoms with Crippen molar-refractivity contribution in [3.05, 3.63) is 29.8 Å². The van der Waals surface area contributed by atoms with Gasteiger partial charge in [-0.3, -0.25) is 91.4 Å². The maximum atomic E-state index is 14.4. The van der Waals surface area contributed by atoms with Crippen molar-refractivity contribution in [3.8, 4) is 0 Å². The highest BCUT2D eigenvalue weighted by molar-refractivity contribution is 8.00. The maximum absolute atomic E-state index is 14.4. The number of nitrogens with one attached hydrogen (secondary N) is 6. The number of benzene rings is 1. The van der Waals surface area contributed by atoms with Crippen molar-refractivity contribution in [2.24, 2.45) is 59.0 Å². The third-order valence-electron chi connectivity index (χ3n) is 28.7. The molecule has 4 heterocycles. The lowest BCUT2D eigenvalue weighted by molar-refractivity contribution is -0.148. The van der Waals surface area contributed by atoms with Gasteiger partial charge in [0.1, 0.15) is 47.8 Å². The smallest absolute Gasteiger partial charge is 0.410 e. The Kier molecular flexibility index (Phi) is 60.2. The number of ether oxygens (including phenoxy) is 5. The molecule has 4 saturated heterocycles. The van der Waals surface area contributed by atoms with Gasteiger partial charge in [0.25, 0.3) is 0 Å². The number of hydrogen-bond acceptors (Lipinski definition) is 25. The summed E-state index contributed by atoms with van der Waals surface area (Å²) in [4.78, 5) is 245. The zero-order chi connectivity index (χ0) is 110. The number of primary amides is 1. The first-order chi connectivity index (χ1) is 68.2. The van der Waals surface area contributed by atoms with Gasteiger partial charge in [-0.2, -0.15) is 23.5 Å². The Balaban J connectivity index is 0.000000747. The van der Waals surface area contributed by atoms with Crippen molar-refractivity contribution in [2.45, 2.75) is 370 Å². The van der Waals surface area contributed by atoms with E-state index in [1.54, 1.807) is 102 Å². The van der Waals surface area contributed by atoms with E-state index in [-0.39, 0.29) is 212 Å². The minimum atomic E-state index is -0.910. The van der Waals surface area contributed by atoms with E-state index < -0.39 is 109 Å². The number of likely N-dealkylation sites (N-methyl/N-ethyl adjacent to an activating group) is 4. The molecule has 0 bridgehead atoms. The largest absolute Gasteiger partial charge is 0.450 e. The fourth-order valence-corrected chi connectivity index (χ4v) is 20.8. The van der Waals surface area contributed by atoms with E-state index in [1.165, 1.54) is 64.0 Å². The number of aryl methyl sites for hydroxylation is 1. The summed E-state index contributed by atoms with van der Waals surface area (Å²) in [5.41, 5.74) is 6.73. The lowest BCUT2D eigenvalue weighted by atomic mass is 9.89. The van der Waals surface area contributed by atoms with Crippen molar-refractivity contribution in [1.82, 2.24) is 65.8 Å². The van der Waals surface area contributed by atoms with E-state index in [0.717, 1.165) is 37.7 Å². The first-order valence-corrected chi connectivity index (χ1v) is 54.5. The molecular formula is C106H183N15O23S2. The average molecular weight is 2100 g/mol.